The third kappa shape index (κ3) is 5.68. The second-order valence-corrected chi connectivity index (χ2v) is 5.90. The Labute approximate surface area is 85.7 Å². The molecule has 0 aromatic rings. The Balaban J connectivity index is 1.86. The molecule has 1 fully saturated rings. The van der Waals surface area contributed by atoms with E-state index < -0.39 is 0 Å². The highest BCUT2D eigenvalue weighted by Gasteiger charge is 2.12. The van der Waals surface area contributed by atoms with E-state index in [0.29, 0.717) is 0 Å². The Morgan fingerprint density at radius 3 is 2.54 bits per heavy atom. The topological polar surface area (TPSA) is 0 Å². The van der Waals surface area contributed by atoms with Gasteiger partial charge in [-0.2, -0.15) is 0 Å². The van der Waals surface area contributed by atoms with Crippen molar-refractivity contribution >= 4 is 8.58 Å². The molecule has 0 aromatic carbocycles. The summed E-state index contributed by atoms with van der Waals surface area (Å²) in [5, 5.41) is 0. The quantitative estimate of drug-likeness (QED) is 0.439. The van der Waals surface area contributed by atoms with Crippen LogP contribution in [-0.4, -0.2) is 12.3 Å². The lowest BCUT2D eigenvalue weighted by molar-refractivity contribution is 0.351. The van der Waals surface area contributed by atoms with Crippen molar-refractivity contribution in [2.75, 3.05) is 12.3 Å². The molecule has 1 atom stereocenters. The minimum atomic E-state index is 1.11. The normalized spacial score (nSPS) is 20.1. The van der Waals surface area contributed by atoms with E-state index in [1.165, 1.54) is 65.9 Å². The van der Waals surface area contributed by atoms with Crippen molar-refractivity contribution in [3.8, 4) is 0 Å². The Bertz CT molecular complexity index is 106. The van der Waals surface area contributed by atoms with E-state index in [4.69, 9.17) is 0 Å². The van der Waals surface area contributed by atoms with Crippen molar-refractivity contribution in [2.45, 2.75) is 58.3 Å². The monoisotopic (exact) mass is 200 g/mol. The van der Waals surface area contributed by atoms with Crippen LogP contribution in [-0.2, 0) is 0 Å². The maximum atomic E-state index is 2.30. The van der Waals surface area contributed by atoms with Gasteiger partial charge in [0.15, 0.2) is 0 Å². The number of hydrogen-bond donors (Lipinski definition) is 0. The summed E-state index contributed by atoms with van der Waals surface area (Å²) in [5.41, 5.74) is 0. The van der Waals surface area contributed by atoms with Gasteiger partial charge in [0.05, 0.1) is 0 Å². The number of hydrogen-bond acceptors (Lipinski definition) is 0. The second kappa shape index (κ2) is 7.80. The zero-order chi connectivity index (χ0) is 9.36. The lowest BCUT2D eigenvalue weighted by Gasteiger charge is -2.21. The lowest BCUT2D eigenvalue weighted by atomic mass is 9.88. The molecule has 1 heteroatoms. The van der Waals surface area contributed by atoms with Crippen molar-refractivity contribution in [2.24, 2.45) is 5.92 Å². The maximum Gasteiger partial charge on any atom is -0.0351 e. The van der Waals surface area contributed by atoms with E-state index in [1.807, 2.05) is 0 Å². The fourth-order valence-electron chi connectivity index (χ4n) is 2.21. The first-order valence-corrected chi connectivity index (χ1v) is 7.55. The van der Waals surface area contributed by atoms with Gasteiger partial charge in [0.1, 0.15) is 0 Å². The zero-order valence-electron chi connectivity index (χ0n) is 9.15. The van der Waals surface area contributed by atoms with Crippen LogP contribution in [0.4, 0.5) is 0 Å². The molecule has 1 unspecified atom stereocenters. The molecule has 13 heavy (non-hydrogen) atoms. The Hall–Kier alpha value is 0.430. The molecule has 0 saturated heterocycles. The second-order valence-electron chi connectivity index (χ2n) is 4.40. The molecule has 0 spiro atoms. The zero-order valence-corrected chi connectivity index (χ0v) is 10.1. The smallest absolute Gasteiger partial charge is 0.0351 e. The van der Waals surface area contributed by atoms with E-state index in [0.717, 1.165) is 5.92 Å². The van der Waals surface area contributed by atoms with Gasteiger partial charge in [0.25, 0.3) is 0 Å². The van der Waals surface area contributed by atoms with Crippen molar-refractivity contribution < 1.29 is 0 Å². The molecule has 1 aliphatic carbocycles. The fraction of sp³-hybridized carbons (Fsp3) is 1.00. The van der Waals surface area contributed by atoms with Crippen LogP contribution in [0.25, 0.3) is 0 Å². The third-order valence-corrected chi connectivity index (χ3v) is 4.51. The highest BCUT2D eigenvalue weighted by Crippen LogP contribution is 2.28. The molecule has 0 radical (unpaired) electrons. The molecule has 0 aromatic heterocycles. The molecular weight excluding hydrogens is 175 g/mol. The minimum Gasteiger partial charge on any atom is -0.122 e. The Morgan fingerprint density at radius 2 is 1.85 bits per heavy atom. The summed E-state index contributed by atoms with van der Waals surface area (Å²) < 4.78 is 0. The summed E-state index contributed by atoms with van der Waals surface area (Å²) in [6.07, 6.45) is 15.0. The summed E-state index contributed by atoms with van der Waals surface area (Å²) in [6.45, 7) is 2.30. The third-order valence-electron chi connectivity index (χ3n) is 3.16. The Morgan fingerprint density at radius 1 is 1.08 bits per heavy atom. The van der Waals surface area contributed by atoms with E-state index >= 15 is 0 Å². The predicted molar refractivity (Wildman–Crippen MR) is 64.1 cm³/mol. The van der Waals surface area contributed by atoms with Crippen LogP contribution in [0.3, 0.4) is 0 Å². The fourth-order valence-corrected chi connectivity index (χ4v) is 3.67. The molecule has 0 aliphatic heterocycles. The first kappa shape index (κ1) is 11.5. The van der Waals surface area contributed by atoms with Crippen LogP contribution in [0.2, 0.25) is 0 Å². The highest BCUT2D eigenvalue weighted by molar-refractivity contribution is 7.37. The van der Waals surface area contributed by atoms with Gasteiger partial charge in [-0.25, -0.2) is 0 Å². The SMILES string of the molecule is CCCCPCCC1CCCCC1. The lowest BCUT2D eigenvalue weighted by Crippen LogP contribution is -2.06. The van der Waals surface area contributed by atoms with Crippen LogP contribution in [0.1, 0.15) is 58.3 Å². The summed E-state index contributed by atoms with van der Waals surface area (Å²) in [6, 6.07) is 0. The van der Waals surface area contributed by atoms with Crippen LogP contribution in [0, 0.1) is 5.92 Å². The van der Waals surface area contributed by atoms with Crippen LogP contribution in [0.15, 0.2) is 0 Å². The molecule has 1 rings (SSSR count). The van der Waals surface area contributed by atoms with Crippen molar-refractivity contribution in [1.82, 2.24) is 0 Å². The molecule has 0 N–H and O–H groups in total. The van der Waals surface area contributed by atoms with Gasteiger partial charge in [-0.15, -0.1) is 8.58 Å². The first-order valence-electron chi connectivity index (χ1n) is 6.14. The molecule has 1 aliphatic rings. The average molecular weight is 200 g/mol. The molecule has 1 saturated carbocycles. The van der Waals surface area contributed by atoms with Crippen LogP contribution in [0.5, 0.6) is 0 Å². The molecule has 0 heterocycles. The van der Waals surface area contributed by atoms with Gasteiger partial charge >= 0.3 is 0 Å². The van der Waals surface area contributed by atoms with E-state index in [2.05, 4.69) is 6.92 Å². The Kier molecular flexibility index (Phi) is 6.90. The summed E-state index contributed by atoms with van der Waals surface area (Å²) >= 11 is 0. The van der Waals surface area contributed by atoms with Crippen molar-refractivity contribution in [3.63, 3.8) is 0 Å². The first-order chi connectivity index (χ1) is 6.43. The molecular formula is C12H25P. The van der Waals surface area contributed by atoms with Crippen LogP contribution < -0.4 is 0 Å². The molecule has 0 nitrogen and oxygen atoms in total. The van der Waals surface area contributed by atoms with Gasteiger partial charge < -0.3 is 0 Å². The van der Waals surface area contributed by atoms with E-state index in [1.54, 1.807) is 6.42 Å². The van der Waals surface area contributed by atoms with E-state index in [-0.39, 0.29) is 0 Å². The van der Waals surface area contributed by atoms with E-state index in [9.17, 15) is 0 Å². The summed E-state index contributed by atoms with van der Waals surface area (Å²) in [4.78, 5) is 0. The highest BCUT2D eigenvalue weighted by atomic mass is 31.1. The molecule has 78 valence electrons. The average Bonchev–Trinajstić information content (AvgIpc) is 2.19. The minimum absolute atomic E-state index is 1.11. The number of rotatable bonds is 6. The summed E-state index contributed by atoms with van der Waals surface area (Å²) in [7, 11) is 1.26. The largest absolute Gasteiger partial charge is 0.122 e. The summed E-state index contributed by atoms with van der Waals surface area (Å²) in [5.74, 6) is 1.11. The molecule has 0 amide bonds. The molecule has 0 bridgehead atoms. The van der Waals surface area contributed by atoms with Crippen molar-refractivity contribution in [1.29, 1.82) is 0 Å². The maximum absolute atomic E-state index is 2.30. The van der Waals surface area contributed by atoms with Gasteiger partial charge in [0.2, 0.25) is 0 Å². The van der Waals surface area contributed by atoms with Gasteiger partial charge in [-0.1, -0.05) is 45.4 Å². The van der Waals surface area contributed by atoms with Gasteiger partial charge in [-0.05, 0) is 31.1 Å². The number of unbranched alkanes of at least 4 members (excludes halogenated alkanes) is 1. The van der Waals surface area contributed by atoms with Crippen molar-refractivity contribution in [3.05, 3.63) is 0 Å². The predicted octanol–water partition coefficient (Wildman–Crippen LogP) is 4.44. The van der Waals surface area contributed by atoms with Gasteiger partial charge in [0, 0.05) is 0 Å². The van der Waals surface area contributed by atoms with Gasteiger partial charge in [-0.3, -0.25) is 0 Å². The van der Waals surface area contributed by atoms with Crippen LogP contribution >= 0.6 is 8.58 Å². The standard InChI is InChI=1S/C12H25P/c1-2-3-10-13-11-9-12-7-5-4-6-8-12/h12-13H,2-11H2,1H3.